The molecule has 0 bridgehead atoms. The average molecular weight is 418 g/mol. The van der Waals surface area contributed by atoms with Crippen LogP contribution in [0.3, 0.4) is 0 Å². The number of ether oxygens (including phenoxy) is 1. The Morgan fingerprint density at radius 2 is 1.60 bits per heavy atom. The van der Waals surface area contributed by atoms with Crippen molar-refractivity contribution >= 4 is 22.4 Å². The molecule has 0 atom stereocenters. The number of methoxy groups -OCH3 is 1. The molecule has 3 aromatic rings. The molecular formula is C24H19F5O. The van der Waals surface area contributed by atoms with E-state index in [9.17, 15) is 22.0 Å². The fourth-order valence-corrected chi connectivity index (χ4v) is 3.18. The van der Waals surface area contributed by atoms with Crippen LogP contribution in [0, 0.1) is 17.5 Å². The minimum absolute atomic E-state index is 0.0725. The zero-order valence-electron chi connectivity index (χ0n) is 16.4. The van der Waals surface area contributed by atoms with Crippen LogP contribution in [-0.4, -0.2) is 7.11 Å². The van der Waals surface area contributed by atoms with E-state index in [-0.39, 0.29) is 22.9 Å². The molecule has 0 heterocycles. The molecule has 0 aromatic heterocycles. The molecule has 3 rings (SSSR count). The Morgan fingerprint density at radius 1 is 0.900 bits per heavy atom. The summed E-state index contributed by atoms with van der Waals surface area (Å²) in [5, 5.41) is -0.638. The van der Waals surface area contributed by atoms with Crippen LogP contribution in [0.25, 0.3) is 22.4 Å². The van der Waals surface area contributed by atoms with Gasteiger partial charge in [-0.15, -0.1) is 0 Å². The third-order valence-corrected chi connectivity index (χ3v) is 4.79. The van der Waals surface area contributed by atoms with E-state index in [1.165, 1.54) is 43.5 Å². The van der Waals surface area contributed by atoms with E-state index in [4.69, 9.17) is 4.74 Å². The topological polar surface area (TPSA) is 9.23 Å². The minimum atomic E-state index is -1.50. The average Bonchev–Trinajstić information content (AvgIpc) is 2.76. The first-order chi connectivity index (χ1) is 14.4. The first-order valence-corrected chi connectivity index (χ1v) is 9.29. The van der Waals surface area contributed by atoms with Crippen LogP contribution in [0.5, 0.6) is 5.75 Å². The van der Waals surface area contributed by atoms with Crippen LogP contribution in [0.15, 0.2) is 54.6 Å². The highest BCUT2D eigenvalue weighted by molar-refractivity contribution is 5.91. The predicted octanol–water partition coefficient (Wildman–Crippen LogP) is 7.54. The Labute approximate surface area is 171 Å². The van der Waals surface area contributed by atoms with Crippen molar-refractivity contribution in [2.24, 2.45) is 0 Å². The van der Waals surface area contributed by atoms with Gasteiger partial charge in [0.05, 0.1) is 12.5 Å². The number of benzene rings is 3. The second-order valence-corrected chi connectivity index (χ2v) is 6.65. The Kier molecular flexibility index (Phi) is 6.55. The highest BCUT2D eigenvalue weighted by Crippen LogP contribution is 2.35. The monoisotopic (exact) mass is 418 g/mol. The van der Waals surface area contributed by atoms with Crippen molar-refractivity contribution in [2.75, 3.05) is 7.11 Å². The van der Waals surface area contributed by atoms with Crippen molar-refractivity contribution < 1.29 is 26.7 Å². The maximum atomic E-state index is 14.9. The molecule has 0 fully saturated rings. The van der Waals surface area contributed by atoms with Gasteiger partial charge in [-0.05, 0) is 67.1 Å². The van der Waals surface area contributed by atoms with Gasteiger partial charge in [0.15, 0.2) is 23.3 Å². The SMILES string of the molecule is C/C=C/CCc1cc2ccc(C(F)=C(F)c3ccc(OC)cc3)c(F)c2c(F)c1F. The molecule has 0 aliphatic carbocycles. The Bertz CT molecular complexity index is 1130. The molecule has 0 radical (unpaired) electrons. The minimum Gasteiger partial charge on any atom is -0.497 e. The van der Waals surface area contributed by atoms with Gasteiger partial charge in [-0.2, -0.15) is 0 Å². The first kappa shape index (κ1) is 21.6. The van der Waals surface area contributed by atoms with Gasteiger partial charge < -0.3 is 4.74 Å². The van der Waals surface area contributed by atoms with Crippen molar-refractivity contribution in [2.45, 2.75) is 19.8 Å². The molecule has 0 saturated carbocycles. The van der Waals surface area contributed by atoms with Crippen LogP contribution in [0.2, 0.25) is 0 Å². The van der Waals surface area contributed by atoms with Gasteiger partial charge in [0.1, 0.15) is 11.6 Å². The lowest BCUT2D eigenvalue weighted by Crippen LogP contribution is -2.00. The van der Waals surface area contributed by atoms with E-state index in [0.717, 1.165) is 6.07 Å². The van der Waals surface area contributed by atoms with Crippen LogP contribution in [0.1, 0.15) is 30.0 Å². The fourth-order valence-electron chi connectivity index (χ4n) is 3.18. The highest BCUT2D eigenvalue weighted by Gasteiger charge is 2.22. The summed E-state index contributed by atoms with van der Waals surface area (Å²) in [6, 6.07) is 8.96. The molecule has 30 heavy (non-hydrogen) atoms. The quantitative estimate of drug-likeness (QED) is 0.228. The maximum Gasteiger partial charge on any atom is 0.169 e. The summed E-state index contributed by atoms with van der Waals surface area (Å²) in [6.45, 7) is 1.81. The first-order valence-electron chi connectivity index (χ1n) is 9.29. The van der Waals surface area contributed by atoms with Gasteiger partial charge in [0, 0.05) is 11.1 Å². The molecule has 0 N–H and O–H groups in total. The summed E-state index contributed by atoms with van der Waals surface area (Å²) in [7, 11) is 1.42. The lowest BCUT2D eigenvalue weighted by molar-refractivity contribution is 0.414. The van der Waals surface area contributed by atoms with Crippen molar-refractivity contribution in [1.82, 2.24) is 0 Å². The van der Waals surface area contributed by atoms with Crippen LogP contribution in [-0.2, 0) is 6.42 Å². The van der Waals surface area contributed by atoms with E-state index < -0.39 is 40.1 Å². The van der Waals surface area contributed by atoms with E-state index >= 15 is 0 Å². The number of rotatable bonds is 6. The molecule has 3 aromatic carbocycles. The van der Waals surface area contributed by atoms with Gasteiger partial charge >= 0.3 is 0 Å². The van der Waals surface area contributed by atoms with Gasteiger partial charge in [-0.1, -0.05) is 18.2 Å². The van der Waals surface area contributed by atoms with E-state index in [0.29, 0.717) is 12.2 Å². The molecule has 0 unspecified atom stereocenters. The molecule has 0 aliphatic heterocycles. The smallest absolute Gasteiger partial charge is 0.169 e. The van der Waals surface area contributed by atoms with E-state index in [1.54, 1.807) is 19.1 Å². The summed E-state index contributed by atoms with van der Waals surface area (Å²) in [5.74, 6) is -6.35. The zero-order chi connectivity index (χ0) is 21.8. The Morgan fingerprint density at radius 3 is 2.23 bits per heavy atom. The molecule has 0 aliphatic rings. The second-order valence-electron chi connectivity index (χ2n) is 6.65. The van der Waals surface area contributed by atoms with Gasteiger partial charge in [-0.3, -0.25) is 0 Å². The maximum absolute atomic E-state index is 14.9. The Hall–Kier alpha value is -3.15. The van der Waals surface area contributed by atoms with Crippen molar-refractivity contribution in [3.63, 3.8) is 0 Å². The largest absolute Gasteiger partial charge is 0.497 e. The number of aryl methyl sites for hydroxylation is 1. The van der Waals surface area contributed by atoms with Gasteiger partial charge in [0.25, 0.3) is 0 Å². The third-order valence-electron chi connectivity index (χ3n) is 4.79. The zero-order valence-corrected chi connectivity index (χ0v) is 16.4. The highest BCUT2D eigenvalue weighted by atomic mass is 19.2. The molecule has 1 nitrogen and oxygen atoms in total. The summed E-state index contributed by atoms with van der Waals surface area (Å²) >= 11 is 0. The van der Waals surface area contributed by atoms with Crippen molar-refractivity contribution in [3.05, 3.63) is 88.8 Å². The third kappa shape index (κ3) is 4.08. The summed E-state index contributed by atoms with van der Waals surface area (Å²) < 4.78 is 78.2. The normalized spacial score (nSPS) is 12.5. The number of fused-ring (bicyclic) bond motifs is 1. The molecule has 156 valence electrons. The molecule has 0 spiro atoms. The van der Waals surface area contributed by atoms with Crippen molar-refractivity contribution in [1.29, 1.82) is 0 Å². The second kappa shape index (κ2) is 9.11. The lowest BCUT2D eigenvalue weighted by atomic mass is 9.98. The molecule has 0 saturated heterocycles. The van der Waals surface area contributed by atoms with Crippen molar-refractivity contribution in [3.8, 4) is 5.75 Å². The molecular weight excluding hydrogens is 399 g/mol. The van der Waals surface area contributed by atoms with E-state index in [2.05, 4.69) is 0 Å². The summed E-state index contributed by atoms with van der Waals surface area (Å²) in [5.41, 5.74) is -0.833. The van der Waals surface area contributed by atoms with Gasteiger partial charge in [-0.25, -0.2) is 22.0 Å². The Balaban J connectivity index is 2.09. The molecule has 6 heteroatoms. The number of hydrogen-bond donors (Lipinski definition) is 0. The van der Waals surface area contributed by atoms with E-state index in [1.807, 2.05) is 0 Å². The number of halogens is 5. The predicted molar refractivity (Wildman–Crippen MR) is 109 cm³/mol. The van der Waals surface area contributed by atoms with Gasteiger partial charge in [0.2, 0.25) is 0 Å². The summed E-state index contributed by atoms with van der Waals surface area (Å²) in [6.07, 6.45) is 4.30. The number of allylic oxidation sites excluding steroid dienone is 2. The summed E-state index contributed by atoms with van der Waals surface area (Å²) in [4.78, 5) is 0. The fraction of sp³-hybridized carbons (Fsp3) is 0.167. The lowest BCUT2D eigenvalue weighted by Gasteiger charge is -2.11. The van der Waals surface area contributed by atoms with Crippen LogP contribution >= 0.6 is 0 Å². The van der Waals surface area contributed by atoms with Crippen LogP contribution < -0.4 is 4.74 Å². The number of hydrogen-bond acceptors (Lipinski definition) is 1. The van der Waals surface area contributed by atoms with Crippen LogP contribution in [0.4, 0.5) is 22.0 Å². The standard InChI is InChI=1S/C24H19F5O/c1-3-4-5-6-16-13-15-9-12-18(22(27)19(15)24(29)21(16)26)23(28)20(25)14-7-10-17(30-2)11-8-14/h3-4,7-13H,5-6H2,1-2H3/b4-3+,23-20?. The molecule has 0 amide bonds.